The number of rotatable bonds is 5. The predicted molar refractivity (Wildman–Crippen MR) is 128 cm³/mol. The van der Waals surface area contributed by atoms with Crippen molar-refractivity contribution in [3.05, 3.63) is 72.3 Å². The zero-order chi connectivity index (χ0) is 22.3. The third-order valence-electron chi connectivity index (χ3n) is 6.17. The Labute approximate surface area is 187 Å². The minimum atomic E-state index is -3.49. The third-order valence-corrected chi connectivity index (χ3v) is 8.08. The van der Waals surface area contributed by atoms with Crippen molar-refractivity contribution in [1.82, 2.24) is 8.87 Å². The van der Waals surface area contributed by atoms with Crippen molar-refractivity contribution < 1.29 is 13.2 Å². The minimum Gasteiger partial charge on any atom is -0.341 e. The Morgan fingerprint density at radius 2 is 1.59 bits per heavy atom. The van der Waals surface area contributed by atoms with E-state index in [0.29, 0.717) is 24.3 Å². The smallest absolute Gasteiger partial charge is 0.255 e. The zero-order valence-corrected chi connectivity index (χ0v) is 18.7. The highest BCUT2D eigenvalue weighted by atomic mass is 32.2. The molecular formula is C25H25N3O3S. The molecule has 1 aliphatic heterocycles. The lowest BCUT2D eigenvalue weighted by Crippen LogP contribution is -2.27. The van der Waals surface area contributed by atoms with E-state index in [-0.39, 0.29) is 10.8 Å². The molecular weight excluding hydrogens is 422 g/mol. The predicted octanol–water partition coefficient (Wildman–Crippen LogP) is 4.85. The van der Waals surface area contributed by atoms with Crippen LogP contribution >= 0.6 is 0 Å². The van der Waals surface area contributed by atoms with Gasteiger partial charge in [-0.25, -0.2) is 8.42 Å². The van der Waals surface area contributed by atoms with Crippen molar-refractivity contribution in [2.45, 2.75) is 31.2 Å². The highest BCUT2D eigenvalue weighted by molar-refractivity contribution is 7.89. The number of hydrogen-bond donors (Lipinski definition) is 1. The van der Waals surface area contributed by atoms with Crippen molar-refractivity contribution in [1.29, 1.82) is 0 Å². The maximum atomic E-state index is 12.8. The number of aryl methyl sites for hydroxylation is 1. The van der Waals surface area contributed by atoms with Crippen molar-refractivity contribution in [2.75, 3.05) is 18.4 Å². The first-order valence-electron chi connectivity index (χ1n) is 10.9. The number of nitrogens with one attached hydrogen (secondary N) is 1. The van der Waals surface area contributed by atoms with Crippen LogP contribution < -0.4 is 5.32 Å². The summed E-state index contributed by atoms with van der Waals surface area (Å²) in [6.45, 7) is 4.10. The largest absolute Gasteiger partial charge is 0.341 e. The van der Waals surface area contributed by atoms with Gasteiger partial charge in [0, 0.05) is 52.7 Å². The van der Waals surface area contributed by atoms with Crippen LogP contribution in [0.1, 0.15) is 30.1 Å². The van der Waals surface area contributed by atoms with E-state index >= 15 is 0 Å². The van der Waals surface area contributed by atoms with Crippen LogP contribution in [0.5, 0.6) is 0 Å². The fourth-order valence-electron chi connectivity index (χ4n) is 4.53. The maximum Gasteiger partial charge on any atom is 0.255 e. The molecule has 32 heavy (non-hydrogen) atoms. The van der Waals surface area contributed by atoms with Crippen LogP contribution in [0.15, 0.2) is 71.6 Å². The maximum absolute atomic E-state index is 12.8. The zero-order valence-electron chi connectivity index (χ0n) is 17.9. The number of anilines is 1. The van der Waals surface area contributed by atoms with E-state index in [4.69, 9.17) is 0 Å². The van der Waals surface area contributed by atoms with E-state index in [0.717, 1.165) is 35.7 Å². The lowest BCUT2D eigenvalue weighted by molar-refractivity contribution is 0.102. The van der Waals surface area contributed by atoms with Gasteiger partial charge in [0.1, 0.15) is 0 Å². The summed E-state index contributed by atoms with van der Waals surface area (Å²) in [4.78, 5) is 13.0. The fourth-order valence-corrected chi connectivity index (χ4v) is 6.05. The standard InChI is InChI=1S/C25H25N3O3S/c1-2-28-23-8-4-3-7-21(23)22-17-19(11-14-24(22)28)26-25(29)18-9-12-20(13-10-18)32(30,31)27-15-5-6-16-27/h3-4,7-14,17H,2,5-6,15-16H2,1H3,(H,26,29). The summed E-state index contributed by atoms with van der Waals surface area (Å²) in [5.74, 6) is -0.270. The van der Waals surface area contributed by atoms with Crippen molar-refractivity contribution in [2.24, 2.45) is 0 Å². The van der Waals surface area contributed by atoms with Crippen LogP contribution in [0.4, 0.5) is 5.69 Å². The van der Waals surface area contributed by atoms with Crippen LogP contribution in [0, 0.1) is 0 Å². The molecule has 2 heterocycles. The van der Waals surface area contributed by atoms with Gasteiger partial charge in [0.05, 0.1) is 4.90 Å². The molecule has 0 atom stereocenters. The Bertz CT molecular complexity index is 1420. The molecule has 0 unspecified atom stereocenters. The summed E-state index contributed by atoms with van der Waals surface area (Å²) < 4.78 is 29.1. The Morgan fingerprint density at radius 1 is 0.906 bits per heavy atom. The number of sulfonamides is 1. The highest BCUT2D eigenvalue weighted by Crippen LogP contribution is 2.31. The average Bonchev–Trinajstić information content (AvgIpc) is 3.46. The average molecular weight is 448 g/mol. The van der Waals surface area contributed by atoms with Gasteiger partial charge in [-0.3, -0.25) is 4.79 Å². The SMILES string of the molecule is CCn1c2ccccc2c2cc(NC(=O)c3ccc(S(=O)(=O)N4CCCC4)cc3)ccc21. The quantitative estimate of drug-likeness (QED) is 0.475. The van der Waals surface area contributed by atoms with Gasteiger partial charge in [0.2, 0.25) is 10.0 Å². The number of carbonyl (C=O) groups excluding carboxylic acids is 1. The molecule has 0 radical (unpaired) electrons. The van der Waals surface area contributed by atoms with Crippen molar-refractivity contribution in [3.8, 4) is 0 Å². The van der Waals surface area contributed by atoms with Crippen molar-refractivity contribution in [3.63, 3.8) is 0 Å². The monoisotopic (exact) mass is 447 g/mol. The van der Waals surface area contributed by atoms with Gasteiger partial charge in [-0.1, -0.05) is 18.2 Å². The molecule has 1 fully saturated rings. The number of carbonyl (C=O) groups is 1. The molecule has 0 saturated carbocycles. The lowest BCUT2D eigenvalue weighted by Gasteiger charge is -2.15. The number of fused-ring (bicyclic) bond motifs is 3. The van der Waals surface area contributed by atoms with Crippen LogP contribution in [0.25, 0.3) is 21.8 Å². The Hall–Kier alpha value is -3.16. The van der Waals surface area contributed by atoms with Crippen LogP contribution in [0.2, 0.25) is 0 Å². The molecule has 7 heteroatoms. The number of nitrogens with zero attached hydrogens (tertiary/aromatic N) is 2. The molecule has 164 valence electrons. The van der Waals surface area contributed by atoms with E-state index in [1.807, 2.05) is 30.3 Å². The van der Waals surface area contributed by atoms with E-state index in [1.165, 1.54) is 22.0 Å². The summed E-state index contributed by atoms with van der Waals surface area (Å²) in [7, 11) is -3.49. The number of hydrogen-bond acceptors (Lipinski definition) is 3. The molecule has 5 rings (SSSR count). The van der Waals surface area contributed by atoms with Gasteiger partial charge in [-0.15, -0.1) is 0 Å². The molecule has 3 aromatic carbocycles. The normalized spacial score (nSPS) is 14.9. The second-order valence-electron chi connectivity index (χ2n) is 8.08. The molecule has 1 saturated heterocycles. The summed E-state index contributed by atoms with van der Waals surface area (Å²) >= 11 is 0. The van der Waals surface area contributed by atoms with Gasteiger partial charge in [-0.05, 0) is 68.3 Å². The van der Waals surface area contributed by atoms with Gasteiger partial charge in [0.15, 0.2) is 0 Å². The number of benzene rings is 3. The van der Waals surface area contributed by atoms with Crippen LogP contribution in [-0.2, 0) is 16.6 Å². The number of aromatic nitrogens is 1. The lowest BCUT2D eigenvalue weighted by atomic mass is 10.1. The fraction of sp³-hybridized carbons (Fsp3) is 0.240. The van der Waals surface area contributed by atoms with Crippen molar-refractivity contribution >= 4 is 43.4 Å². The summed E-state index contributed by atoms with van der Waals surface area (Å²) in [6.07, 6.45) is 1.78. The Morgan fingerprint density at radius 3 is 2.31 bits per heavy atom. The topological polar surface area (TPSA) is 71.4 Å². The molecule has 4 aromatic rings. The first-order valence-corrected chi connectivity index (χ1v) is 12.4. The molecule has 6 nitrogen and oxygen atoms in total. The number of amides is 1. The second kappa shape index (κ2) is 8.07. The van der Waals surface area contributed by atoms with Gasteiger partial charge < -0.3 is 9.88 Å². The second-order valence-corrected chi connectivity index (χ2v) is 10.0. The minimum absolute atomic E-state index is 0.227. The van der Waals surface area contributed by atoms with Crippen LogP contribution in [0.3, 0.4) is 0 Å². The van der Waals surface area contributed by atoms with Gasteiger partial charge >= 0.3 is 0 Å². The molecule has 1 aliphatic rings. The van der Waals surface area contributed by atoms with Gasteiger partial charge in [-0.2, -0.15) is 4.31 Å². The Balaban J connectivity index is 1.41. The molecule has 1 amide bonds. The number of para-hydroxylation sites is 1. The van der Waals surface area contributed by atoms with Crippen LogP contribution in [-0.4, -0.2) is 36.3 Å². The molecule has 1 aromatic heterocycles. The Kier molecular flexibility index (Phi) is 5.23. The summed E-state index contributed by atoms with van der Waals surface area (Å²) in [5.41, 5.74) is 3.42. The first-order chi connectivity index (χ1) is 15.5. The third kappa shape index (κ3) is 3.47. The van der Waals surface area contributed by atoms with E-state index < -0.39 is 10.0 Å². The van der Waals surface area contributed by atoms with Gasteiger partial charge in [0.25, 0.3) is 5.91 Å². The molecule has 1 N–H and O–H groups in total. The highest BCUT2D eigenvalue weighted by Gasteiger charge is 2.27. The molecule has 0 bridgehead atoms. The summed E-state index contributed by atoms with van der Waals surface area (Å²) in [6, 6.07) is 20.3. The molecule has 0 aliphatic carbocycles. The van der Waals surface area contributed by atoms with E-state index in [2.05, 4.69) is 28.9 Å². The summed E-state index contributed by atoms with van der Waals surface area (Å²) in [5, 5.41) is 5.19. The molecule has 0 spiro atoms. The first kappa shape index (κ1) is 20.7. The van der Waals surface area contributed by atoms with E-state index in [1.54, 1.807) is 12.1 Å². The van der Waals surface area contributed by atoms with E-state index in [9.17, 15) is 13.2 Å².